The molecule has 2 amide bonds. The number of aromatic amines is 1. The Morgan fingerprint density at radius 1 is 0.824 bits per heavy atom. The van der Waals surface area contributed by atoms with E-state index in [1.165, 1.54) is 6.20 Å². The van der Waals surface area contributed by atoms with E-state index in [9.17, 15) is 9.59 Å². The number of anilines is 1. The summed E-state index contributed by atoms with van der Waals surface area (Å²) in [5.74, 6) is 0.302. The molecule has 0 aliphatic rings. The number of carbonyl (C=O) groups is 2. The molecule has 2 heterocycles. The van der Waals surface area contributed by atoms with Crippen LogP contribution < -0.4 is 10.6 Å². The van der Waals surface area contributed by atoms with Gasteiger partial charge in [0.25, 0.3) is 11.8 Å². The van der Waals surface area contributed by atoms with Gasteiger partial charge in [-0.05, 0) is 48.0 Å². The Balaban J connectivity index is 1.21. The molecule has 7 heteroatoms. The van der Waals surface area contributed by atoms with Gasteiger partial charge in [0.15, 0.2) is 0 Å². The molecule has 0 aliphatic carbocycles. The van der Waals surface area contributed by atoms with E-state index in [0.29, 0.717) is 23.4 Å². The van der Waals surface area contributed by atoms with Crippen molar-refractivity contribution >= 4 is 28.5 Å². The Morgan fingerprint density at radius 3 is 2.44 bits per heavy atom. The number of imidazole rings is 1. The topological polar surface area (TPSA) is 99.8 Å². The molecule has 0 aliphatic heterocycles. The summed E-state index contributed by atoms with van der Waals surface area (Å²) in [5, 5.41) is 5.71. The molecule has 0 unspecified atom stereocenters. The van der Waals surface area contributed by atoms with E-state index in [1.807, 2.05) is 48.5 Å². The average molecular weight is 447 g/mol. The van der Waals surface area contributed by atoms with Crippen molar-refractivity contribution in [2.75, 3.05) is 5.32 Å². The van der Waals surface area contributed by atoms with Crippen molar-refractivity contribution in [3.63, 3.8) is 0 Å². The van der Waals surface area contributed by atoms with Crippen LogP contribution in [0.3, 0.4) is 0 Å². The molecule has 0 fully saturated rings. The third-order valence-electron chi connectivity index (χ3n) is 5.38. The third kappa shape index (κ3) is 4.68. The predicted octanol–water partition coefficient (Wildman–Crippen LogP) is 4.81. The van der Waals surface area contributed by atoms with Crippen LogP contribution in [0.1, 0.15) is 26.3 Å². The van der Waals surface area contributed by atoms with E-state index >= 15 is 0 Å². The second kappa shape index (κ2) is 9.38. The zero-order valence-electron chi connectivity index (χ0n) is 18.2. The number of hydrogen-bond acceptors (Lipinski definition) is 4. The second-order valence-electron chi connectivity index (χ2n) is 7.76. The number of H-pyrrole nitrogens is 1. The highest BCUT2D eigenvalue weighted by Crippen LogP contribution is 2.21. The van der Waals surface area contributed by atoms with E-state index in [1.54, 1.807) is 42.6 Å². The van der Waals surface area contributed by atoms with Gasteiger partial charge in [0.2, 0.25) is 0 Å². The van der Waals surface area contributed by atoms with Gasteiger partial charge >= 0.3 is 0 Å². The van der Waals surface area contributed by atoms with Gasteiger partial charge in [0.1, 0.15) is 5.82 Å². The average Bonchev–Trinajstić information content (AvgIpc) is 3.33. The van der Waals surface area contributed by atoms with Crippen LogP contribution in [-0.4, -0.2) is 26.8 Å². The number of carbonyl (C=O) groups excluding carboxylic acids is 2. The molecule has 7 nitrogen and oxygen atoms in total. The lowest BCUT2D eigenvalue weighted by Crippen LogP contribution is -2.23. The van der Waals surface area contributed by atoms with Crippen LogP contribution in [-0.2, 0) is 6.54 Å². The summed E-state index contributed by atoms with van der Waals surface area (Å²) in [6, 6.07) is 26.0. The van der Waals surface area contributed by atoms with Crippen LogP contribution in [0.5, 0.6) is 0 Å². The Morgan fingerprint density at radius 2 is 1.65 bits per heavy atom. The quantitative estimate of drug-likeness (QED) is 0.348. The van der Waals surface area contributed by atoms with Gasteiger partial charge in [-0.2, -0.15) is 0 Å². The van der Waals surface area contributed by atoms with Gasteiger partial charge in [-0.15, -0.1) is 0 Å². The minimum absolute atomic E-state index is 0.223. The Bertz CT molecular complexity index is 1430. The molecule has 5 aromatic rings. The van der Waals surface area contributed by atoms with Gasteiger partial charge in [0.05, 0.1) is 16.6 Å². The van der Waals surface area contributed by atoms with Gasteiger partial charge < -0.3 is 15.6 Å². The first-order chi connectivity index (χ1) is 16.7. The SMILES string of the molecule is O=C(NCc1ccc(-c2nc3ccccc3[nH]2)cc1)c1cccc(NC(=O)c2cccnc2)c1. The number of aromatic nitrogens is 3. The molecule has 0 atom stereocenters. The van der Waals surface area contributed by atoms with E-state index in [-0.39, 0.29) is 11.8 Å². The summed E-state index contributed by atoms with van der Waals surface area (Å²) in [6.07, 6.45) is 3.10. The largest absolute Gasteiger partial charge is 0.348 e. The van der Waals surface area contributed by atoms with Gasteiger partial charge in [-0.1, -0.05) is 42.5 Å². The lowest BCUT2D eigenvalue weighted by molar-refractivity contribution is 0.0949. The summed E-state index contributed by atoms with van der Waals surface area (Å²) < 4.78 is 0. The number of nitrogens with zero attached hydrogens (tertiary/aromatic N) is 2. The molecule has 0 radical (unpaired) electrons. The van der Waals surface area contributed by atoms with Gasteiger partial charge in [-0.3, -0.25) is 14.6 Å². The standard InChI is InChI=1S/C27H21N5O2/c33-26(20-5-3-7-22(15-20)30-27(34)21-6-4-14-28-17-21)29-16-18-10-12-19(13-11-18)25-31-23-8-1-2-9-24(23)32-25/h1-15,17H,16H2,(H,29,33)(H,30,34)(H,31,32). The van der Waals surface area contributed by atoms with Crippen molar-refractivity contribution < 1.29 is 9.59 Å². The number of pyridine rings is 1. The van der Waals surface area contributed by atoms with Crippen LogP contribution in [0.15, 0.2) is 97.3 Å². The molecule has 3 N–H and O–H groups in total. The fourth-order valence-electron chi connectivity index (χ4n) is 3.59. The highest BCUT2D eigenvalue weighted by atomic mass is 16.2. The van der Waals surface area contributed by atoms with Crippen LogP contribution in [0.4, 0.5) is 5.69 Å². The fraction of sp³-hybridized carbons (Fsp3) is 0.0370. The third-order valence-corrected chi connectivity index (χ3v) is 5.38. The molecule has 2 aromatic heterocycles. The molecule has 34 heavy (non-hydrogen) atoms. The second-order valence-corrected chi connectivity index (χ2v) is 7.76. The van der Waals surface area contributed by atoms with Crippen LogP contribution in [0.2, 0.25) is 0 Å². The minimum atomic E-state index is -0.282. The van der Waals surface area contributed by atoms with E-state index < -0.39 is 0 Å². The number of para-hydroxylation sites is 2. The van der Waals surface area contributed by atoms with Crippen molar-refractivity contribution in [3.05, 3.63) is 114 Å². The number of hydrogen-bond donors (Lipinski definition) is 3. The van der Waals surface area contributed by atoms with Crippen molar-refractivity contribution in [2.24, 2.45) is 0 Å². The number of amides is 2. The lowest BCUT2D eigenvalue weighted by Gasteiger charge is -2.09. The predicted molar refractivity (Wildman–Crippen MR) is 131 cm³/mol. The highest BCUT2D eigenvalue weighted by molar-refractivity contribution is 6.04. The fourth-order valence-corrected chi connectivity index (χ4v) is 3.59. The first-order valence-corrected chi connectivity index (χ1v) is 10.8. The monoisotopic (exact) mass is 447 g/mol. The zero-order valence-corrected chi connectivity index (χ0v) is 18.2. The summed E-state index contributed by atoms with van der Waals surface area (Å²) in [6.45, 7) is 0.380. The van der Waals surface area contributed by atoms with Gasteiger partial charge in [0, 0.05) is 35.8 Å². The summed E-state index contributed by atoms with van der Waals surface area (Å²) in [4.78, 5) is 36.9. The van der Waals surface area contributed by atoms with Gasteiger partial charge in [-0.25, -0.2) is 4.98 Å². The number of rotatable bonds is 6. The maximum atomic E-state index is 12.7. The molecule has 3 aromatic carbocycles. The Hall–Kier alpha value is -4.78. The lowest BCUT2D eigenvalue weighted by atomic mass is 10.1. The molecule has 0 saturated heterocycles. The van der Waals surface area contributed by atoms with Crippen molar-refractivity contribution in [1.29, 1.82) is 0 Å². The Labute approximate surface area is 195 Å². The highest BCUT2D eigenvalue weighted by Gasteiger charge is 2.10. The number of nitrogens with one attached hydrogen (secondary N) is 3. The molecule has 166 valence electrons. The molecule has 5 rings (SSSR count). The number of benzene rings is 3. The minimum Gasteiger partial charge on any atom is -0.348 e. The van der Waals surface area contributed by atoms with E-state index in [2.05, 4.69) is 25.6 Å². The maximum Gasteiger partial charge on any atom is 0.257 e. The molecule has 0 bridgehead atoms. The van der Waals surface area contributed by atoms with E-state index in [4.69, 9.17) is 0 Å². The van der Waals surface area contributed by atoms with E-state index in [0.717, 1.165) is 28.0 Å². The smallest absolute Gasteiger partial charge is 0.257 e. The molecular formula is C27H21N5O2. The molecule has 0 saturated carbocycles. The molecular weight excluding hydrogens is 426 g/mol. The maximum absolute atomic E-state index is 12.7. The van der Waals surface area contributed by atoms with Crippen LogP contribution in [0.25, 0.3) is 22.4 Å². The van der Waals surface area contributed by atoms with Crippen molar-refractivity contribution in [1.82, 2.24) is 20.3 Å². The summed E-state index contributed by atoms with van der Waals surface area (Å²) >= 11 is 0. The Kier molecular flexibility index (Phi) is 5.82. The first kappa shape index (κ1) is 21.1. The van der Waals surface area contributed by atoms with Crippen LogP contribution in [0, 0.1) is 0 Å². The molecule has 0 spiro atoms. The zero-order chi connectivity index (χ0) is 23.3. The summed E-state index contributed by atoms with van der Waals surface area (Å²) in [5.41, 5.74) is 5.31. The van der Waals surface area contributed by atoms with Crippen molar-refractivity contribution in [2.45, 2.75) is 6.54 Å². The van der Waals surface area contributed by atoms with Crippen LogP contribution >= 0.6 is 0 Å². The first-order valence-electron chi connectivity index (χ1n) is 10.8. The normalized spacial score (nSPS) is 10.7. The summed E-state index contributed by atoms with van der Waals surface area (Å²) in [7, 11) is 0. The number of fused-ring (bicyclic) bond motifs is 1. The van der Waals surface area contributed by atoms with Crippen molar-refractivity contribution in [3.8, 4) is 11.4 Å².